The molecule has 0 aromatic heterocycles. The molecule has 1 fully saturated rings. The van der Waals surface area contributed by atoms with E-state index in [4.69, 9.17) is 5.11 Å². The average Bonchev–Trinajstić information content (AvgIpc) is 2.66. The Kier molecular flexibility index (Phi) is 4.76. The third-order valence-electron chi connectivity index (χ3n) is 4.51. The summed E-state index contributed by atoms with van der Waals surface area (Å²) < 4.78 is 0. The van der Waals surface area contributed by atoms with E-state index in [9.17, 15) is 9.59 Å². The fourth-order valence-corrected chi connectivity index (χ4v) is 2.85. The predicted molar refractivity (Wildman–Crippen MR) is 77.4 cm³/mol. The molecule has 1 saturated carbocycles. The Morgan fingerprint density at radius 1 is 1.26 bits per heavy atom. The van der Waals surface area contributed by atoms with Gasteiger partial charge in [-0.25, -0.2) is 9.59 Å². The molecule has 3 N–H and O–H groups in total. The van der Waals surface area contributed by atoms with Crippen molar-refractivity contribution >= 4 is 23.8 Å². The van der Waals surface area contributed by atoms with Gasteiger partial charge in [-0.3, -0.25) is 0 Å². The Labute approximate surface area is 118 Å². The predicted octanol–water partition coefficient (Wildman–Crippen LogP) is 1.93. The molecule has 0 aliphatic heterocycles. The molecule has 19 heavy (non-hydrogen) atoms. The quantitative estimate of drug-likeness (QED) is 0.698. The van der Waals surface area contributed by atoms with E-state index in [-0.39, 0.29) is 16.9 Å². The minimum atomic E-state index is -0.987. The third kappa shape index (κ3) is 3.35. The van der Waals surface area contributed by atoms with Crippen molar-refractivity contribution in [3.8, 4) is 0 Å². The number of amides is 2. The van der Waals surface area contributed by atoms with Crippen LogP contribution in [0.25, 0.3) is 0 Å². The highest BCUT2D eigenvalue weighted by Crippen LogP contribution is 2.62. The standard InChI is InChI=1S/C13H24N2O3S/c1-12(2)10(13(12,3)4)15-11(18)14-8(9(16)17)6-7-19-5/h8,10H,6-7H2,1-5H3,(H,16,17)(H2,14,15,18)/t8-/m0/s1. The van der Waals surface area contributed by atoms with Gasteiger partial charge in [0.2, 0.25) is 0 Å². The van der Waals surface area contributed by atoms with E-state index < -0.39 is 18.0 Å². The summed E-state index contributed by atoms with van der Waals surface area (Å²) in [7, 11) is 0. The Balaban J connectivity index is 2.49. The van der Waals surface area contributed by atoms with Crippen LogP contribution in [0.15, 0.2) is 0 Å². The largest absolute Gasteiger partial charge is 0.480 e. The second-order valence-corrected chi connectivity index (χ2v) is 7.15. The van der Waals surface area contributed by atoms with Crippen LogP contribution in [0.1, 0.15) is 34.1 Å². The molecule has 0 heterocycles. The first-order chi connectivity index (χ1) is 8.64. The van der Waals surface area contributed by atoms with Gasteiger partial charge in [-0.05, 0) is 29.3 Å². The molecule has 1 atom stereocenters. The van der Waals surface area contributed by atoms with Crippen molar-refractivity contribution in [3.63, 3.8) is 0 Å². The number of carboxylic acid groups (broad SMARTS) is 1. The number of carbonyl (C=O) groups is 2. The van der Waals surface area contributed by atoms with E-state index in [2.05, 4.69) is 38.3 Å². The van der Waals surface area contributed by atoms with Gasteiger partial charge in [0, 0.05) is 6.04 Å². The first-order valence-corrected chi connectivity index (χ1v) is 7.82. The summed E-state index contributed by atoms with van der Waals surface area (Å²) in [4.78, 5) is 22.9. The van der Waals surface area contributed by atoms with Crippen molar-refractivity contribution in [3.05, 3.63) is 0 Å². The Hall–Kier alpha value is -0.910. The van der Waals surface area contributed by atoms with Crippen LogP contribution in [0.2, 0.25) is 0 Å². The van der Waals surface area contributed by atoms with Gasteiger partial charge in [-0.15, -0.1) is 0 Å². The monoisotopic (exact) mass is 288 g/mol. The van der Waals surface area contributed by atoms with Crippen molar-refractivity contribution < 1.29 is 14.7 Å². The van der Waals surface area contributed by atoms with Crippen LogP contribution in [0, 0.1) is 10.8 Å². The maximum Gasteiger partial charge on any atom is 0.326 e. The number of urea groups is 1. The lowest BCUT2D eigenvalue weighted by molar-refractivity contribution is -0.139. The summed E-state index contributed by atoms with van der Waals surface area (Å²) in [6.07, 6.45) is 2.34. The van der Waals surface area contributed by atoms with Crippen LogP contribution >= 0.6 is 11.8 Å². The fourth-order valence-electron chi connectivity index (χ4n) is 2.38. The van der Waals surface area contributed by atoms with Gasteiger partial charge < -0.3 is 15.7 Å². The van der Waals surface area contributed by atoms with E-state index in [0.29, 0.717) is 12.2 Å². The molecule has 0 aromatic carbocycles. The van der Waals surface area contributed by atoms with Crippen LogP contribution in [-0.2, 0) is 4.79 Å². The lowest BCUT2D eigenvalue weighted by atomic mass is 10.0. The molecule has 0 bridgehead atoms. The highest BCUT2D eigenvalue weighted by molar-refractivity contribution is 7.98. The van der Waals surface area contributed by atoms with Gasteiger partial charge >= 0.3 is 12.0 Å². The van der Waals surface area contributed by atoms with E-state index in [1.807, 2.05) is 6.26 Å². The molecule has 2 amide bonds. The van der Waals surface area contributed by atoms with Crippen molar-refractivity contribution in [2.24, 2.45) is 10.8 Å². The summed E-state index contributed by atoms with van der Waals surface area (Å²) in [6, 6.07) is -1.13. The van der Waals surface area contributed by atoms with Gasteiger partial charge in [0.15, 0.2) is 0 Å². The number of hydrogen-bond donors (Lipinski definition) is 3. The van der Waals surface area contributed by atoms with E-state index in [1.165, 1.54) is 0 Å². The summed E-state index contributed by atoms with van der Waals surface area (Å²) >= 11 is 1.57. The highest BCUT2D eigenvalue weighted by atomic mass is 32.2. The molecule has 110 valence electrons. The van der Waals surface area contributed by atoms with Gasteiger partial charge in [-0.2, -0.15) is 11.8 Å². The lowest BCUT2D eigenvalue weighted by Crippen LogP contribution is -2.47. The summed E-state index contributed by atoms with van der Waals surface area (Å²) in [6.45, 7) is 8.39. The van der Waals surface area contributed by atoms with E-state index >= 15 is 0 Å². The molecule has 1 aliphatic carbocycles. The van der Waals surface area contributed by atoms with Crippen molar-refractivity contribution in [1.82, 2.24) is 10.6 Å². The summed E-state index contributed by atoms with van der Waals surface area (Å²) in [5.74, 6) is -0.281. The van der Waals surface area contributed by atoms with E-state index in [1.54, 1.807) is 11.8 Å². The molecule has 0 aromatic rings. The highest BCUT2D eigenvalue weighted by Gasteiger charge is 2.65. The molecule has 0 unspecified atom stereocenters. The maximum atomic E-state index is 11.9. The average molecular weight is 288 g/mol. The minimum absolute atomic E-state index is 0.0440. The zero-order chi connectivity index (χ0) is 14.8. The smallest absolute Gasteiger partial charge is 0.326 e. The summed E-state index contributed by atoms with van der Waals surface area (Å²) in [5.41, 5.74) is 0.0880. The first kappa shape index (κ1) is 16.1. The SMILES string of the molecule is CSCC[C@H](NC(=O)NC1C(C)(C)C1(C)C)C(=O)O. The second kappa shape index (κ2) is 5.61. The molecule has 5 nitrogen and oxygen atoms in total. The van der Waals surface area contributed by atoms with Crippen LogP contribution in [0.4, 0.5) is 4.79 Å². The molecular weight excluding hydrogens is 264 g/mol. The molecular formula is C13H24N2O3S. The number of nitrogens with one attached hydrogen (secondary N) is 2. The number of thioether (sulfide) groups is 1. The lowest BCUT2D eigenvalue weighted by Gasteiger charge is -2.15. The normalized spacial score (nSPS) is 21.5. The third-order valence-corrected chi connectivity index (χ3v) is 5.15. The molecule has 1 aliphatic rings. The number of hydrogen-bond acceptors (Lipinski definition) is 3. The topological polar surface area (TPSA) is 78.4 Å². The molecule has 6 heteroatoms. The Morgan fingerprint density at radius 2 is 1.79 bits per heavy atom. The zero-order valence-electron chi connectivity index (χ0n) is 12.2. The fraction of sp³-hybridized carbons (Fsp3) is 0.846. The van der Waals surface area contributed by atoms with Gasteiger partial charge in [-0.1, -0.05) is 27.7 Å². The molecule has 0 saturated heterocycles. The van der Waals surface area contributed by atoms with Crippen LogP contribution in [0.3, 0.4) is 0 Å². The minimum Gasteiger partial charge on any atom is -0.480 e. The first-order valence-electron chi connectivity index (χ1n) is 6.43. The van der Waals surface area contributed by atoms with Crippen LogP contribution < -0.4 is 10.6 Å². The zero-order valence-corrected chi connectivity index (χ0v) is 13.1. The summed E-state index contributed by atoms with van der Waals surface area (Å²) in [5, 5.41) is 14.5. The van der Waals surface area contributed by atoms with Crippen molar-refractivity contribution in [2.45, 2.75) is 46.2 Å². The number of carboxylic acids is 1. The molecule has 0 spiro atoms. The Morgan fingerprint density at radius 3 is 2.16 bits per heavy atom. The second-order valence-electron chi connectivity index (χ2n) is 6.17. The van der Waals surface area contributed by atoms with Crippen molar-refractivity contribution in [2.75, 3.05) is 12.0 Å². The van der Waals surface area contributed by atoms with Crippen LogP contribution in [-0.4, -0.2) is 41.2 Å². The van der Waals surface area contributed by atoms with Gasteiger partial charge in [0.25, 0.3) is 0 Å². The maximum absolute atomic E-state index is 11.9. The number of rotatable bonds is 6. The molecule has 1 rings (SSSR count). The Bertz CT molecular complexity index is 355. The van der Waals surface area contributed by atoms with Crippen molar-refractivity contribution in [1.29, 1.82) is 0 Å². The van der Waals surface area contributed by atoms with Gasteiger partial charge in [0.1, 0.15) is 6.04 Å². The van der Waals surface area contributed by atoms with Gasteiger partial charge in [0.05, 0.1) is 0 Å². The van der Waals surface area contributed by atoms with Crippen LogP contribution in [0.5, 0.6) is 0 Å². The number of carbonyl (C=O) groups excluding carboxylic acids is 1. The molecule has 0 radical (unpaired) electrons. The number of aliphatic carboxylic acids is 1. The van der Waals surface area contributed by atoms with E-state index in [0.717, 1.165) is 0 Å².